The van der Waals surface area contributed by atoms with Crippen LogP contribution in [0.15, 0.2) is 0 Å². The van der Waals surface area contributed by atoms with E-state index >= 15 is 0 Å². The maximum Gasteiger partial charge on any atom is 0.411 e. The Kier molecular flexibility index (Phi) is 3.20. The van der Waals surface area contributed by atoms with E-state index in [1.54, 1.807) is 0 Å². The third-order valence-corrected chi connectivity index (χ3v) is 0.928. The Morgan fingerprint density at radius 3 is 2.18 bits per heavy atom. The van der Waals surface area contributed by atoms with Crippen molar-refractivity contribution in [1.82, 2.24) is 5.43 Å². The lowest BCUT2D eigenvalue weighted by Gasteiger charge is -2.14. The van der Waals surface area contributed by atoms with Crippen LogP contribution in [0.3, 0.4) is 0 Å². The predicted molar refractivity (Wildman–Crippen MR) is 29.0 cm³/mol. The molecule has 0 aromatic heterocycles. The largest absolute Gasteiger partial charge is 0.411 e. The topological polar surface area (TPSA) is 81.2 Å². The maximum absolute atomic E-state index is 11.6. The van der Waals surface area contributed by atoms with Crippen molar-refractivity contribution >= 4 is 0 Å². The highest BCUT2D eigenvalue weighted by molar-refractivity contribution is 4.70. The molecular weight excluding hydrogens is 167 g/mol. The number of nitrogens with one attached hydrogen (secondary N) is 1. The third kappa shape index (κ3) is 3.73. The molecule has 0 heterocycles. The molecule has 0 radical (unpaired) electrons. The molecule has 66 valence electrons. The number of nitrogens with two attached hydrogens (primary N) is 1. The van der Waals surface area contributed by atoms with Gasteiger partial charge in [-0.1, -0.05) is 0 Å². The van der Waals surface area contributed by atoms with Gasteiger partial charge in [0.2, 0.25) is 6.54 Å². The summed E-state index contributed by atoms with van der Waals surface area (Å²) in [4.78, 5) is 8.54. The van der Waals surface area contributed by atoms with E-state index in [9.17, 15) is 23.3 Å². The van der Waals surface area contributed by atoms with Gasteiger partial charge in [-0.15, -0.1) is 0 Å². The zero-order valence-electron chi connectivity index (χ0n) is 5.26. The first-order valence-corrected chi connectivity index (χ1v) is 2.52. The smallest absolute Gasteiger partial charge is 0.271 e. The van der Waals surface area contributed by atoms with Crippen LogP contribution in [0.1, 0.15) is 0 Å². The molecule has 0 aliphatic carbocycles. The predicted octanol–water partition coefficient (Wildman–Crippen LogP) is -0.343. The molecule has 0 aromatic rings. The first kappa shape index (κ1) is 10.1. The number of rotatable bonds is 3. The van der Waals surface area contributed by atoms with Crippen molar-refractivity contribution < 1.29 is 18.1 Å². The molecule has 0 aliphatic rings. The number of hydrogen-bond acceptors (Lipinski definition) is 4. The summed E-state index contributed by atoms with van der Waals surface area (Å²) in [5.74, 6) is 4.43. The van der Waals surface area contributed by atoms with Gasteiger partial charge in [0.05, 0.1) is 0 Å². The average Bonchev–Trinajstić information content (AvgIpc) is 1.79. The normalized spacial score (nSPS) is 14.5. The van der Waals surface area contributed by atoms with Crippen LogP contribution in [-0.2, 0) is 0 Å². The lowest BCUT2D eigenvalue weighted by Crippen LogP contribution is -2.50. The second kappa shape index (κ2) is 3.49. The van der Waals surface area contributed by atoms with Crippen LogP contribution in [0.2, 0.25) is 0 Å². The highest BCUT2D eigenvalue weighted by atomic mass is 19.4. The van der Waals surface area contributed by atoms with Crippen LogP contribution in [0, 0.1) is 10.1 Å². The van der Waals surface area contributed by atoms with Crippen molar-refractivity contribution in [1.29, 1.82) is 0 Å². The van der Waals surface area contributed by atoms with Gasteiger partial charge < -0.3 is 0 Å². The fourth-order valence-electron chi connectivity index (χ4n) is 0.400. The summed E-state index contributed by atoms with van der Waals surface area (Å²) in [5, 5.41) is 9.63. The monoisotopic (exact) mass is 173 g/mol. The second-order valence-corrected chi connectivity index (χ2v) is 1.78. The lowest BCUT2D eigenvalue weighted by molar-refractivity contribution is -0.491. The Morgan fingerprint density at radius 1 is 1.64 bits per heavy atom. The zero-order valence-corrected chi connectivity index (χ0v) is 5.26. The van der Waals surface area contributed by atoms with Crippen LogP contribution in [0.4, 0.5) is 13.2 Å². The average molecular weight is 173 g/mol. The van der Waals surface area contributed by atoms with Gasteiger partial charge in [-0.3, -0.25) is 16.0 Å². The molecule has 0 amide bonds. The molecule has 0 aliphatic heterocycles. The van der Waals surface area contributed by atoms with E-state index in [-0.39, 0.29) is 0 Å². The summed E-state index contributed by atoms with van der Waals surface area (Å²) < 4.78 is 34.9. The van der Waals surface area contributed by atoms with Crippen molar-refractivity contribution in [2.24, 2.45) is 5.84 Å². The Bertz CT molecular complexity index is 147. The van der Waals surface area contributed by atoms with Gasteiger partial charge in [-0.25, -0.2) is 5.43 Å². The van der Waals surface area contributed by atoms with Gasteiger partial charge in [0.15, 0.2) is 6.04 Å². The number of halogens is 3. The fourth-order valence-corrected chi connectivity index (χ4v) is 0.400. The maximum atomic E-state index is 11.6. The molecule has 8 heteroatoms. The van der Waals surface area contributed by atoms with Gasteiger partial charge in [-0.05, 0) is 0 Å². The molecule has 0 fully saturated rings. The van der Waals surface area contributed by atoms with Crippen molar-refractivity contribution in [2.75, 3.05) is 6.54 Å². The first-order chi connectivity index (χ1) is 4.88. The summed E-state index contributed by atoms with van der Waals surface area (Å²) >= 11 is 0. The number of nitrogens with zero attached hydrogens (tertiary/aromatic N) is 1. The second-order valence-electron chi connectivity index (χ2n) is 1.78. The van der Waals surface area contributed by atoms with Crippen molar-refractivity contribution in [3.8, 4) is 0 Å². The summed E-state index contributed by atoms with van der Waals surface area (Å²) in [6.07, 6.45) is -4.68. The molecular formula is C3H6F3N3O2. The molecule has 1 atom stereocenters. The molecule has 3 N–H and O–H groups in total. The molecule has 0 saturated carbocycles. The Balaban J connectivity index is 4.07. The Morgan fingerprint density at radius 2 is 2.09 bits per heavy atom. The van der Waals surface area contributed by atoms with E-state index in [1.807, 2.05) is 0 Å². The number of hydrogen-bond donors (Lipinski definition) is 2. The number of alkyl halides is 3. The molecule has 1 unspecified atom stereocenters. The third-order valence-electron chi connectivity index (χ3n) is 0.928. The quantitative estimate of drug-likeness (QED) is 0.347. The summed E-state index contributed by atoms with van der Waals surface area (Å²) in [6, 6.07) is -2.28. The number of hydrazine groups is 1. The zero-order chi connectivity index (χ0) is 9.07. The van der Waals surface area contributed by atoms with Gasteiger partial charge in [0.25, 0.3) is 0 Å². The Labute approximate surface area is 59.5 Å². The molecule has 0 rings (SSSR count). The summed E-state index contributed by atoms with van der Waals surface area (Å²) in [5.41, 5.74) is 1.31. The lowest BCUT2D eigenvalue weighted by atomic mass is 10.3. The van der Waals surface area contributed by atoms with Crippen LogP contribution < -0.4 is 11.3 Å². The van der Waals surface area contributed by atoms with Crippen LogP contribution in [-0.4, -0.2) is 23.7 Å². The van der Waals surface area contributed by atoms with E-state index < -0.39 is 23.7 Å². The van der Waals surface area contributed by atoms with Crippen LogP contribution in [0.5, 0.6) is 0 Å². The minimum atomic E-state index is -4.68. The molecule has 0 aromatic carbocycles. The van der Waals surface area contributed by atoms with Crippen molar-refractivity contribution in [3.05, 3.63) is 10.1 Å². The van der Waals surface area contributed by atoms with E-state index in [2.05, 4.69) is 5.84 Å². The van der Waals surface area contributed by atoms with Gasteiger partial charge >= 0.3 is 6.18 Å². The Hall–Kier alpha value is -0.890. The van der Waals surface area contributed by atoms with Gasteiger partial charge in [0, 0.05) is 4.92 Å². The molecule has 5 nitrogen and oxygen atoms in total. The van der Waals surface area contributed by atoms with E-state index in [0.717, 1.165) is 0 Å². The summed E-state index contributed by atoms with van der Waals surface area (Å²) in [7, 11) is 0. The first-order valence-electron chi connectivity index (χ1n) is 2.52. The minimum absolute atomic E-state index is 1.09. The van der Waals surface area contributed by atoms with Crippen LogP contribution >= 0.6 is 0 Å². The van der Waals surface area contributed by atoms with E-state index in [1.165, 1.54) is 5.43 Å². The standard InChI is InChI=1S/C3H6F3N3O2/c4-3(5,6)2(8-7)1-9(10)11/h2,8H,1,7H2. The molecule has 11 heavy (non-hydrogen) atoms. The van der Waals surface area contributed by atoms with Crippen molar-refractivity contribution in [2.45, 2.75) is 12.2 Å². The van der Waals surface area contributed by atoms with E-state index in [0.29, 0.717) is 0 Å². The number of nitro groups is 1. The molecule has 0 saturated heterocycles. The van der Waals surface area contributed by atoms with Crippen molar-refractivity contribution in [3.63, 3.8) is 0 Å². The van der Waals surface area contributed by atoms with Gasteiger partial charge in [0.1, 0.15) is 0 Å². The SMILES string of the molecule is NNC(C[N+](=O)[O-])C(F)(F)F. The van der Waals surface area contributed by atoms with E-state index in [4.69, 9.17) is 0 Å². The molecule has 0 spiro atoms. The minimum Gasteiger partial charge on any atom is -0.271 e. The van der Waals surface area contributed by atoms with Crippen LogP contribution in [0.25, 0.3) is 0 Å². The fraction of sp³-hybridized carbons (Fsp3) is 1.00. The highest BCUT2D eigenvalue weighted by Gasteiger charge is 2.42. The summed E-state index contributed by atoms with van der Waals surface area (Å²) in [6.45, 7) is -1.26. The molecule has 0 bridgehead atoms. The highest BCUT2D eigenvalue weighted by Crippen LogP contribution is 2.19. The van der Waals surface area contributed by atoms with Gasteiger partial charge in [-0.2, -0.15) is 13.2 Å².